The number of nitrogens with zero attached hydrogens (tertiary/aromatic N) is 1. The van der Waals surface area contributed by atoms with E-state index in [-0.39, 0.29) is 24.0 Å². The molecule has 2 aliphatic rings. The zero-order chi connectivity index (χ0) is 19.5. The van der Waals surface area contributed by atoms with Gasteiger partial charge in [-0.1, -0.05) is 25.1 Å². The van der Waals surface area contributed by atoms with E-state index < -0.39 is 17.2 Å². The summed E-state index contributed by atoms with van der Waals surface area (Å²) in [5.74, 6) is 1.37. The van der Waals surface area contributed by atoms with Crippen molar-refractivity contribution in [3.8, 4) is 0 Å². The molecule has 0 amide bonds. The van der Waals surface area contributed by atoms with E-state index in [4.69, 9.17) is 9.73 Å². The molecule has 0 radical (unpaired) electrons. The SMILES string of the molecule is CCNC(=NCC1(c2cccc(C(F)(F)F)c2)CCOCC1)NC1CC1C.I. The van der Waals surface area contributed by atoms with Crippen LogP contribution < -0.4 is 10.6 Å². The molecule has 8 heteroatoms. The average Bonchev–Trinajstić information content (AvgIpc) is 3.35. The van der Waals surface area contributed by atoms with Crippen molar-refractivity contribution in [2.45, 2.75) is 50.7 Å². The molecule has 1 aromatic carbocycles. The van der Waals surface area contributed by atoms with Gasteiger partial charge in [0.15, 0.2) is 5.96 Å². The normalized spacial score (nSPS) is 24.2. The first-order valence-electron chi connectivity index (χ1n) is 9.64. The van der Waals surface area contributed by atoms with E-state index in [2.05, 4.69) is 17.6 Å². The van der Waals surface area contributed by atoms with Crippen LogP contribution in [0.15, 0.2) is 29.3 Å². The zero-order valence-corrected chi connectivity index (χ0v) is 18.6. The first-order chi connectivity index (χ1) is 12.8. The molecule has 3 rings (SSSR count). The molecular weight excluding hydrogens is 482 g/mol. The molecule has 1 saturated heterocycles. The summed E-state index contributed by atoms with van der Waals surface area (Å²) in [5.41, 5.74) is -0.344. The molecule has 0 spiro atoms. The van der Waals surface area contributed by atoms with Crippen LogP contribution in [0.5, 0.6) is 0 Å². The van der Waals surface area contributed by atoms with Crippen molar-refractivity contribution in [1.29, 1.82) is 0 Å². The number of hydrogen-bond donors (Lipinski definition) is 2. The lowest BCUT2D eigenvalue weighted by Gasteiger charge is -2.37. The van der Waals surface area contributed by atoms with Crippen molar-refractivity contribution in [1.82, 2.24) is 10.6 Å². The van der Waals surface area contributed by atoms with E-state index in [0.29, 0.717) is 50.1 Å². The maximum absolute atomic E-state index is 13.2. The van der Waals surface area contributed by atoms with Gasteiger partial charge in [0.05, 0.1) is 12.1 Å². The Labute approximate surface area is 181 Å². The summed E-state index contributed by atoms with van der Waals surface area (Å²) in [7, 11) is 0. The number of benzene rings is 1. The van der Waals surface area contributed by atoms with Crippen LogP contribution in [0.1, 0.15) is 44.2 Å². The summed E-state index contributed by atoms with van der Waals surface area (Å²) in [6.07, 6.45) is -1.89. The van der Waals surface area contributed by atoms with Crippen molar-refractivity contribution in [3.05, 3.63) is 35.4 Å². The molecule has 1 aliphatic carbocycles. The second kappa shape index (κ2) is 9.65. The van der Waals surface area contributed by atoms with Gasteiger partial charge in [0.1, 0.15) is 0 Å². The summed E-state index contributed by atoms with van der Waals surface area (Å²) >= 11 is 0. The van der Waals surface area contributed by atoms with Crippen molar-refractivity contribution < 1.29 is 17.9 Å². The molecule has 2 atom stereocenters. The molecule has 4 nitrogen and oxygen atoms in total. The summed E-state index contributed by atoms with van der Waals surface area (Å²) in [6.45, 7) is 6.44. The van der Waals surface area contributed by atoms with Gasteiger partial charge in [0.2, 0.25) is 0 Å². The van der Waals surface area contributed by atoms with Crippen LogP contribution in [0.4, 0.5) is 13.2 Å². The average molecular weight is 511 g/mol. The monoisotopic (exact) mass is 511 g/mol. The summed E-state index contributed by atoms with van der Waals surface area (Å²) in [6, 6.07) is 6.12. The van der Waals surface area contributed by atoms with Gasteiger partial charge in [-0.05, 0) is 43.7 Å². The zero-order valence-electron chi connectivity index (χ0n) is 16.3. The lowest BCUT2D eigenvalue weighted by Crippen LogP contribution is -2.42. The summed E-state index contributed by atoms with van der Waals surface area (Å²) in [4.78, 5) is 4.75. The van der Waals surface area contributed by atoms with Crippen molar-refractivity contribution in [2.24, 2.45) is 10.9 Å². The smallest absolute Gasteiger partial charge is 0.381 e. The second-order valence-corrected chi connectivity index (χ2v) is 7.63. The number of guanidine groups is 1. The van der Waals surface area contributed by atoms with Crippen LogP contribution >= 0.6 is 24.0 Å². The van der Waals surface area contributed by atoms with Gasteiger partial charge in [0.25, 0.3) is 0 Å². The quantitative estimate of drug-likeness (QED) is 0.352. The number of halogens is 4. The topological polar surface area (TPSA) is 45.7 Å². The summed E-state index contributed by atoms with van der Waals surface area (Å²) in [5, 5.41) is 6.66. The van der Waals surface area contributed by atoms with E-state index in [0.717, 1.165) is 25.0 Å². The number of ether oxygens (including phenoxy) is 1. The van der Waals surface area contributed by atoms with Gasteiger partial charge in [-0.2, -0.15) is 13.2 Å². The lowest BCUT2D eigenvalue weighted by atomic mass is 9.74. The number of rotatable bonds is 5. The highest BCUT2D eigenvalue weighted by molar-refractivity contribution is 14.0. The molecular formula is C20H29F3IN3O. The molecule has 2 unspecified atom stereocenters. The highest BCUT2D eigenvalue weighted by Crippen LogP contribution is 2.38. The van der Waals surface area contributed by atoms with E-state index in [9.17, 15) is 13.2 Å². The molecule has 1 heterocycles. The Bertz CT molecular complexity index is 675. The highest BCUT2D eigenvalue weighted by Gasteiger charge is 2.38. The van der Waals surface area contributed by atoms with Crippen LogP contribution in [-0.4, -0.2) is 38.3 Å². The predicted molar refractivity (Wildman–Crippen MR) is 115 cm³/mol. The van der Waals surface area contributed by atoms with Crippen LogP contribution in [0.3, 0.4) is 0 Å². The number of nitrogens with one attached hydrogen (secondary N) is 2. The van der Waals surface area contributed by atoms with E-state index in [1.807, 2.05) is 6.92 Å². The first-order valence-corrected chi connectivity index (χ1v) is 9.64. The van der Waals surface area contributed by atoms with Crippen molar-refractivity contribution in [3.63, 3.8) is 0 Å². The lowest BCUT2D eigenvalue weighted by molar-refractivity contribution is -0.137. The van der Waals surface area contributed by atoms with E-state index in [1.165, 1.54) is 12.1 Å². The van der Waals surface area contributed by atoms with Gasteiger partial charge in [-0.3, -0.25) is 4.99 Å². The Morgan fingerprint density at radius 1 is 1.29 bits per heavy atom. The largest absolute Gasteiger partial charge is 0.416 e. The van der Waals surface area contributed by atoms with E-state index >= 15 is 0 Å². The number of alkyl halides is 3. The van der Waals surface area contributed by atoms with Crippen LogP contribution in [0.25, 0.3) is 0 Å². The Morgan fingerprint density at radius 3 is 2.54 bits per heavy atom. The van der Waals surface area contributed by atoms with Gasteiger partial charge in [-0.15, -0.1) is 24.0 Å². The third-order valence-corrected chi connectivity index (χ3v) is 5.57. The predicted octanol–water partition coefficient (Wildman–Crippen LogP) is 4.34. The molecule has 2 fully saturated rings. The second-order valence-electron chi connectivity index (χ2n) is 7.63. The molecule has 28 heavy (non-hydrogen) atoms. The summed E-state index contributed by atoms with van der Waals surface area (Å²) < 4.78 is 45.1. The highest BCUT2D eigenvalue weighted by atomic mass is 127. The molecule has 1 aromatic rings. The minimum absolute atomic E-state index is 0. The molecule has 158 valence electrons. The standard InChI is InChI=1S/C20H28F3N3O.HI/c1-3-24-18(26-17-11-14(17)2)25-13-19(7-9-27-10-8-19)15-5-4-6-16(12-15)20(21,22)23;/h4-6,12,14,17H,3,7-11,13H2,1-2H3,(H2,24,25,26);1H. The van der Waals surface area contributed by atoms with Gasteiger partial charge in [0, 0.05) is 31.2 Å². The van der Waals surface area contributed by atoms with Gasteiger partial charge in [-0.25, -0.2) is 0 Å². The fraction of sp³-hybridized carbons (Fsp3) is 0.650. The third kappa shape index (κ3) is 5.75. The van der Waals surface area contributed by atoms with Gasteiger partial charge < -0.3 is 15.4 Å². The van der Waals surface area contributed by atoms with E-state index in [1.54, 1.807) is 6.07 Å². The maximum atomic E-state index is 13.2. The number of hydrogen-bond acceptors (Lipinski definition) is 2. The Balaban J connectivity index is 0.00000280. The molecule has 1 saturated carbocycles. The van der Waals surface area contributed by atoms with Crippen LogP contribution in [0, 0.1) is 5.92 Å². The third-order valence-electron chi connectivity index (χ3n) is 5.57. The minimum atomic E-state index is -4.34. The fourth-order valence-electron chi connectivity index (χ4n) is 3.57. The van der Waals surface area contributed by atoms with Crippen LogP contribution in [0.2, 0.25) is 0 Å². The Morgan fingerprint density at radius 2 is 1.96 bits per heavy atom. The number of aliphatic imine (C=N–C) groups is 1. The van der Waals surface area contributed by atoms with Gasteiger partial charge >= 0.3 is 6.18 Å². The van der Waals surface area contributed by atoms with Crippen molar-refractivity contribution >= 4 is 29.9 Å². The first kappa shape index (κ1) is 23.3. The minimum Gasteiger partial charge on any atom is -0.381 e. The Kier molecular flexibility index (Phi) is 8.01. The molecule has 0 aromatic heterocycles. The fourth-order valence-corrected chi connectivity index (χ4v) is 3.57. The van der Waals surface area contributed by atoms with Crippen LogP contribution in [-0.2, 0) is 16.3 Å². The molecule has 2 N–H and O–H groups in total. The molecule has 1 aliphatic heterocycles. The Hall–Kier alpha value is -1.03. The van der Waals surface area contributed by atoms with Crippen molar-refractivity contribution in [2.75, 3.05) is 26.3 Å². The maximum Gasteiger partial charge on any atom is 0.416 e. The molecule has 0 bridgehead atoms.